The lowest BCUT2D eigenvalue weighted by Crippen LogP contribution is -2.55. The fourth-order valence-electron chi connectivity index (χ4n) is 5.20. The first-order valence-corrected chi connectivity index (χ1v) is 14.5. The molecule has 1 aliphatic heterocycles. The largest absolute Gasteiger partial charge is 0.390 e. The Balaban J connectivity index is 1.71. The molecule has 0 bridgehead atoms. The highest BCUT2D eigenvalue weighted by Gasteiger charge is 2.37. The third-order valence-electron chi connectivity index (χ3n) is 7.79. The Morgan fingerprint density at radius 2 is 1.77 bits per heavy atom. The number of hydrogen-bond acceptors (Lipinski definition) is 6. The van der Waals surface area contributed by atoms with Crippen molar-refractivity contribution in [3.8, 4) is 0 Å². The molecule has 220 valence electrons. The van der Waals surface area contributed by atoms with Crippen molar-refractivity contribution in [3.05, 3.63) is 48.0 Å². The number of nitrogens with one attached hydrogen (secondary N) is 3. The van der Waals surface area contributed by atoms with Crippen LogP contribution in [0.15, 0.2) is 42.5 Å². The van der Waals surface area contributed by atoms with Crippen molar-refractivity contribution < 1.29 is 24.2 Å². The topological polar surface area (TPSA) is 120 Å². The molecule has 0 radical (unpaired) electrons. The molecule has 1 saturated heterocycles. The second kappa shape index (κ2) is 15.7. The maximum absolute atomic E-state index is 13.5. The van der Waals surface area contributed by atoms with Gasteiger partial charge < -0.3 is 30.7 Å². The maximum Gasteiger partial charge on any atom is 0.243 e. The number of hydrogen-bond donors (Lipinski definition) is 4. The predicted octanol–water partition coefficient (Wildman–Crippen LogP) is 2.40. The van der Waals surface area contributed by atoms with Crippen LogP contribution in [0, 0.1) is 5.92 Å². The molecule has 4 atom stereocenters. The van der Waals surface area contributed by atoms with E-state index in [2.05, 4.69) is 16.0 Å². The summed E-state index contributed by atoms with van der Waals surface area (Å²) in [4.78, 5) is 41.6. The Labute approximate surface area is 238 Å². The predicted molar refractivity (Wildman–Crippen MR) is 157 cm³/mol. The Kier molecular flexibility index (Phi) is 12.4. The molecule has 1 heterocycles. The van der Waals surface area contributed by atoms with E-state index in [4.69, 9.17) is 4.74 Å². The molecule has 3 rings (SSSR count). The van der Waals surface area contributed by atoms with E-state index in [-0.39, 0.29) is 42.7 Å². The molecule has 9 nitrogen and oxygen atoms in total. The van der Waals surface area contributed by atoms with Crippen LogP contribution in [-0.4, -0.2) is 85.3 Å². The molecule has 0 aromatic heterocycles. The zero-order chi connectivity index (χ0) is 29.1. The third-order valence-corrected chi connectivity index (χ3v) is 7.79. The van der Waals surface area contributed by atoms with Gasteiger partial charge in [-0.1, -0.05) is 56.3 Å². The average molecular weight is 555 g/mol. The van der Waals surface area contributed by atoms with Crippen molar-refractivity contribution >= 4 is 28.5 Å². The van der Waals surface area contributed by atoms with Crippen LogP contribution >= 0.6 is 0 Å². The van der Waals surface area contributed by atoms with E-state index < -0.39 is 18.2 Å². The number of rotatable bonds is 15. The first-order chi connectivity index (χ1) is 19.3. The Hall–Kier alpha value is -3.01. The number of methoxy groups -OCH3 is 1. The van der Waals surface area contributed by atoms with Crippen molar-refractivity contribution in [2.45, 2.75) is 77.2 Å². The summed E-state index contributed by atoms with van der Waals surface area (Å²) in [6.45, 7) is 7.37. The van der Waals surface area contributed by atoms with E-state index in [0.29, 0.717) is 26.1 Å². The number of fused-ring (bicyclic) bond motifs is 1. The average Bonchev–Trinajstić information content (AvgIpc) is 3.46. The summed E-state index contributed by atoms with van der Waals surface area (Å²) in [5, 5.41) is 21.4. The zero-order valence-electron chi connectivity index (χ0n) is 24.3. The summed E-state index contributed by atoms with van der Waals surface area (Å²) < 4.78 is 5.19. The number of aliphatic hydroxyl groups is 1. The van der Waals surface area contributed by atoms with Gasteiger partial charge in [-0.05, 0) is 48.9 Å². The summed E-state index contributed by atoms with van der Waals surface area (Å²) in [7, 11) is 1.62. The molecule has 3 amide bonds. The van der Waals surface area contributed by atoms with E-state index in [1.54, 1.807) is 12.0 Å². The number of amides is 3. The van der Waals surface area contributed by atoms with Crippen molar-refractivity contribution in [3.63, 3.8) is 0 Å². The molecule has 0 aliphatic carbocycles. The zero-order valence-corrected chi connectivity index (χ0v) is 24.3. The molecule has 1 fully saturated rings. The van der Waals surface area contributed by atoms with Crippen LogP contribution in [0.1, 0.15) is 52.0 Å². The molecule has 2 aromatic carbocycles. The Bertz CT molecular complexity index is 1120. The lowest BCUT2D eigenvalue weighted by atomic mass is 10.00. The van der Waals surface area contributed by atoms with Gasteiger partial charge in [0.05, 0.1) is 12.2 Å². The smallest absolute Gasteiger partial charge is 0.243 e. The highest BCUT2D eigenvalue weighted by Crippen LogP contribution is 2.23. The number of carbonyl (C=O) groups excluding carboxylic acids is 3. The molecule has 4 N–H and O–H groups in total. The third kappa shape index (κ3) is 8.74. The number of likely N-dealkylation sites (tertiary alicyclic amines) is 1. The molecular weight excluding hydrogens is 508 g/mol. The SMILES string of the molecule is CCC(CC)C(=O)N1CCC[C@H]1C(=O)N[C@H](Cc1ccc2ccccc2c1)C(=O)NCC(O)CNC[C@@H](C)OC. The quantitative estimate of drug-likeness (QED) is 0.268. The van der Waals surface area contributed by atoms with E-state index in [9.17, 15) is 19.5 Å². The van der Waals surface area contributed by atoms with Gasteiger partial charge in [-0.25, -0.2) is 0 Å². The van der Waals surface area contributed by atoms with Gasteiger partial charge >= 0.3 is 0 Å². The second-order valence-corrected chi connectivity index (χ2v) is 10.8. The summed E-state index contributed by atoms with van der Waals surface area (Å²) in [6.07, 6.45) is 2.29. The van der Waals surface area contributed by atoms with Gasteiger partial charge in [0.2, 0.25) is 17.7 Å². The Morgan fingerprint density at radius 3 is 2.48 bits per heavy atom. The van der Waals surface area contributed by atoms with Crippen LogP contribution < -0.4 is 16.0 Å². The van der Waals surface area contributed by atoms with Crippen molar-refractivity contribution in [2.24, 2.45) is 5.92 Å². The van der Waals surface area contributed by atoms with Crippen molar-refractivity contribution in [2.75, 3.05) is 33.3 Å². The van der Waals surface area contributed by atoms with Gasteiger partial charge in [0.15, 0.2) is 0 Å². The minimum Gasteiger partial charge on any atom is -0.390 e. The van der Waals surface area contributed by atoms with Crippen LogP contribution in [-0.2, 0) is 25.5 Å². The lowest BCUT2D eigenvalue weighted by molar-refractivity contribution is -0.142. The standard InChI is InChI=1S/C31H46N4O5/c1-5-23(6-2)31(39)35-15-9-12-28(35)30(38)34-27(17-22-13-14-24-10-7-8-11-25(24)16-22)29(37)33-20-26(36)19-32-18-21(3)40-4/h7-8,10-11,13-14,16,21,23,26-28,32,36H,5-6,9,12,15,17-20H2,1-4H3,(H,33,37)(H,34,38)/t21-,26?,27-,28+/m1/s1. The molecule has 9 heteroatoms. The van der Waals surface area contributed by atoms with Gasteiger partial charge in [-0.2, -0.15) is 0 Å². The first-order valence-electron chi connectivity index (χ1n) is 14.5. The summed E-state index contributed by atoms with van der Waals surface area (Å²) in [5.41, 5.74) is 0.909. The van der Waals surface area contributed by atoms with Gasteiger partial charge in [0.25, 0.3) is 0 Å². The highest BCUT2D eigenvalue weighted by atomic mass is 16.5. The fourth-order valence-corrected chi connectivity index (χ4v) is 5.20. The molecule has 1 unspecified atom stereocenters. The van der Waals surface area contributed by atoms with Crippen LogP contribution in [0.2, 0.25) is 0 Å². The fraction of sp³-hybridized carbons (Fsp3) is 0.581. The molecule has 40 heavy (non-hydrogen) atoms. The van der Waals surface area contributed by atoms with Gasteiger partial charge in [-0.15, -0.1) is 0 Å². The van der Waals surface area contributed by atoms with E-state index in [0.717, 1.165) is 35.6 Å². The van der Waals surface area contributed by atoms with E-state index in [1.807, 2.05) is 63.2 Å². The van der Waals surface area contributed by atoms with Crippen molar-refractivity contribution in [1.29, 1.82) is 0 Å². The molecular formula is C31H46N4O5. The van der Waals surface area contributed by atoms with Gasteiger partial charge in [0.1, 0.15) is 12.1 Å². The molecule has 2 aromatic rings. The van der Waals surface area contributed by atoms with Crippen LogP contribution in [0.3, 0.4) is 0 Å². The monoisotopic (exact) mass is 554 g/mol. The first kappa shape index (κ1) is 31.5. The molecule has 0 saturated carbocycles. The summed E-state index contributed by atoms with van der Waals surface area (Å²) in [6, 6.07) is 12.5. The minimum absolute atomic E-state index is 0.00954. The number of nitrogens with zero attached hydrogens (tertiary/aromatic N) is 1. The maximum atomic E-state index is 13.5. The van der Waals surface area contributed by atoms with Gasteiger partial charge in [-0.3, -0.25) is 14.4 Å². The van der Waals surface area contributed by atoms with Crippen LogP contribution in [0.25, 0.3) is 10.8 Å². The minimum atomic E-state index is -0.854. The number of ether oxygens (including phenoxy) is 1. The van der Waals surface area contributed by atoms with Crippen LogP contribution in [0.4, 0.5) is 0 Å². The Morgan fingerprint density at radius 1 is 1.05 bits per heavy atom. The highest BCUT2D eigenvalue weighted by molar-refractivity contribution is 5.93. The number of benzene rings is 2. The van der Waals surface area contributed by atoms with Gasteiger partial charge in [0, 0.05) is 45.6 Å². The van der Waals surface area contributed by atoms with E-state index in [1.165, 1.54) is 0 Å². The normalized spacial score (nSPS) is 17.6. The molecule has 1 aliphatic rings. The summed E-state index contributed by atoms with van der Waals surface area (Å²) in [5.74, 6) is -0.779. The molecule has 0 spiro atoms. The van der Waals surface area contributed by atoms with Crippen LogP contribution in [0.5, 0.6) is 0 Å². The number of carbonyl (C=O) groups is 3. The lowest BCUT2D eigenvalue weighted by Gasteiger charge is -2.29. The number of aliphatic hydroxyl groups excluding tert-OH is 1. The van der Waals surface area contributed by atoms with E-state index >= 15 is 0 Å². The second-order valence-electron chi connectivity index (χ2n) is 10.8. The van der Waals surface area contributed by atoms with Crippen molar-refractivity contribution in [1.82, 2.24) is 20.9 Å². The summed E-state index contributed by atoms with van der Waals surface area (Å²) >= 11 is 0.